The van der Waals surface area contributed by atoms with E-state index in [9.17, 15) is 9.90 Å². The number of carbonyl (C=O) groups is 1. The molecule has 0 aliphatic carbocycles. The van der Waals surface area contributed by atoms with Crippen LogP contribution in [0, 0.1) is 0 Å². The van der Waals surface area contributed by atoms with Gasteiger partial charge in [-0.15, -0.1) is 0 Å². The van der Waals surface area contributed by atoms with Crippen molar-refractivity contribution in [2.24, 2.45) is 0 Å². The van der Waals surface area contributed by atoms with Gasteiger partial charge in [0.1, 0.15) is 5.58 Å². The van der Waals surface area contributed by atoms with Crippen molar-refractivity contribution in [3.63, 3.8) is 0 Å². The van der Waals surface area contributed by atoms with Gasteiger partial charge in [0.05, 0.1) is 33.7 Å². The summed E-state index contributed by atoms with van der Waals surface area (Å²) in [6, 6.07) is 3.24. The lowest BCUT2D eigenvalue weighted by atomic mass is 9.88. The molecule has 0 unspecified atom stereocenters. The molecule has 170 valence electrons. The van der Waals surface area contributed by atoms with Crippen molar-refractivity contribution in [3.8, 4) is 0 Å². The van der Waals surface area contributed by atoms with Crippen LogP contribution in [0.1, 0.15) is 36.0 Å². The van der Waals surface area contributed by atoms with E-state index in [1.165, 1.54) is 12.3 Å². The van der Waals surface area contributed by atoms with Crippen molar-refractivity contribution < 1.29 is 23.8 Å². The maximum absolute atomic E-state index is 12.9. The molecule has 2 fully saturated rings. The van der Waals surface area contributed by atoms with E-state index in [4.69, 9.17) is 31.2 Å². The third kappa shape index (κ3) is 4.68. The molecule has 3 heterocycles. The van der Waals surface area contributed by atoms with Crippen molar-refractivity contribution in [1.82, 2.24) is 10.2 Å². The largest absolute Gasteiger partial charge is 0.463 e. The first-order valence-corrected chi connectivity index (χ1v) is 11.0. The molecular weight excluding hydrogens is 422 g/mol. The summed E-state index contributed by atoms with van der Waals surface area (Å²) in [6.45, 7) is 3.82. The third-order valence-corrected chi connectivity index (χ3v) is 7.00. The van der Waals surface area contributed by atoms with Gasteiger partial charge in [0.25, 0.3) is 5.91 Å². The van der Waals surface area contributed by atoms with Gasteiger partial charge >= 0.3 is 0 Å². The molecule has 0 spiro atoms. The van der Waals surface area contributed by atoms with Gasteiger partial charge in [-0.3, -0.25) is 4.79 Å². The van der Waals surface area contributed by atoms with E-state index in [0.29, 0.717) is 66.4 Å². The number of furan rings is 1. The average molecular weight is 452 g/mol. The van der Waals surface area contributed by atoms with E-state index in [1.54, 1.807) is 13.2 Å². The van der Waals surface area contributed by atoms with Crippen LogP contribution in [0.15, 0.2) is 22.8 Å². The van der Waals surface area contributed by atoms with E-state index < -0.39 is 11.2 Å². The predicted octanol–water partition coefficient (Wildman–Crippen LogP) is 2.42. The number of carbonyl (C=O) groups excluding carboxylic acids is 1. The number of amides is 1. The van der Waals surface area contributed by atoms with Crippen molar-refractivity contribution in [3.05, 3.63) is 29.0 Å². The Morgan fingerprint density at radius 3 is 2.71 bits per heavy atom. The van der Waals surface area contributed by atoms with Crippen LogP contribution in [0.2, 0.25) is 5.02 Å². The predicted molar refractivity (Wildman–Crippen MR) is 118 cm³/mol. The van der Waals surface area contributed by atoms with Crippen LogP contribution >= 0.6 is 11.6 Å². The number of rotatable bonds is 6. The Labute approximate surface area is 186 Å². The minimum Gasteiger partial charge on any atom is -0.463 e. The Kier molecular flexibility index (Phi) is 6.46. The van der Waals surface area contributed by atoms with Crippen molar-refractivity contribution in [1.29, 1.82) is 0 Å². The van der Waals surface area contributed by atoms with E-state index in [1.807, 2.05) is 0 Å². The van der Waals surface area contributed by atoms with Crippen molar-refractivity contribution >= 4 is 34.2 Å². The molecule has 4 N–H and O–H groups in total. The average Bonchev–Trinajstić information content (AvgIpc) is 3.26. The lowest BCUT2D eigenvalue weighted by Crippen LogP contribution is -2.55. The molecular formula is C22H30ClN3O5. The van der Waals surface area contributed by atoms with Gasteiger partial charge < -0.3 is 34.9 Å². The highest BCUT2D eigenvalue weighted by Crippen LogP contribution is 2.33. The van der Waals surface area contributed by atoms with Gasteiger partial charge in [-0.05, 0) is 25.0 Å². The summed E-state index contributed by atoms with van der Waals surface area (Å²) < 4.78 is 16.7. The van der Waals surface area contributed by atoms with Crippen LogP contribution in [0.4, 0.5) is 5.69 Å². The highest BCUT2D eigenvalue weighted by Gasteiger charge is 2.38. The zero-order valence-electron chi connectivity index (χ0n) is 17.8. The van der Waals surface area contributed by atoms with Crippen LogP contribution < -0.4 is 11.1 Å². The van der Waals surface area contributed by atoms with Gasteiger partial charge in [-0.2, -0.15) is 0 Å². The number of nitrogens with two attached hydrogens (primary N) is 1. The second kappa shape index (κ2) is 8.96. The molecule has 2 aromatic rings. The quantitative estimate of drug-likeness (QED) is 0.578. The van der Waals surface area contributed by atoms with E-state index in [-0.39, 0.29) is 5.91 Å². The zero-order chi connectivity index (χ0) is 22.1. The summed E-state index contributed by atoms with van der Waals surface area (Å²) >= 11 is 6.20. The highest BCUT2D eigenvalue weighted by molar-refractivity contribution is 6.35. The Balaban J connectivity index is 1.37. The number of halogens is 1. The van der Waals surface area contributed by atoms with Crippen LogP contribution in [-0.4, -0.2) is 73.6 Å². The summed E-state index contributed by atoms with van der Waals surface area (Å²) in [6.07, 6.45) is 4.34. The molecule has 2 aliphatic rings. The fraction of sp³-hybridized carbons (Fsp3) is 0.591. The molecule has 31 heavy (non-hydrogen) atoms. The lowest BCUT2D eigenvalue weighted by Gasteiger charge is -2.44. The number of benzene rings is 1. The van der Waals surface area contributed by atoms with Gasteiger partial charge in [0, 0.05) is 64.7 Å². The molecule has 2 saturated heterocycles. The number of piperidine rings is 1. The number of nitrogen functional groups attached to an aromatic ring is 1. The van der Waals surface area contributed by atoms with Gasteiger partial charge in [0.15, 0.2) is 0 Å². The van der Waals surface area contributed by atoms with Gasteiger partial charge in [-0.1, -0.05) is 11.6 Å². The third-order valence-electron chi connectivity index (χ3n) is 6.69. The molecule has 1 aromatic carbocycles. The van der Waals surface area contributed by atoms with Gasteiger partial charge in [0.2, 0.25) is 0 Å². The normalized spacial score (nSPS) is 21.3. The standard InChI is InChI=1S/C22H30ClN3O5/c1-29-22(3-7-26(8-4-22)14-21(28)5-10-30-11-6-21)13-25-20(27)16-12-17(23)18(24)15-2-9-31-19(15)16/h2,9,12,28H,3-8,10-11,13-14,24H2,1H3,(H,25,27). The summed E-state index contributed by atoms with van der Waals surface area (Å²) in [4.78, 5) is 15.2. The van der Waals surface area contributed by atoms with Crippen LogP contribution in [0.25, 0.3) is 11.0 Å². The molecule has 0 bridgehead atoms. The number of likely N-dealkylation sites (tertiary alicyclic amines) is 1. The lowest BCUT2D eigenvalue weighted by molar-refractivity contribution is -0.0998. The Bertz CT molecular complexity index is 933. The minimum atomic E-state index is -0.678. The van der Waals surface area contributed by atoms with Crippen LogP contribution in [0.3, 0.4) is 0 Å². The number of hydrogen-bond acceptors (Lipinski definition) is 7. The summed E-state index contributed by atoms with van der Waals surface area (Å²) in [7, 11) is 1.68. The van der Waals surface area contributed by atoms with Crippen LogP contribution in [0.5, 0.6) is 0 Å². The fourth-order valence-corrected chi connectivity index (χ4v) is 4.74. The van der Waals surface area contributed by atoms with Crippen LogP contribution in [-0.2, 0) is 9.47 Å². The van der Waals surface area contributed by atoms with E-state index >= 15 is 0 Å². The topological polar surface area (TPSA) is 110 Å². The second-order valence-corrected chi connectivity index (χ2v) is 9.07. The molecule has 9 heteroatoms. The number of anilines is 1. The number of aliphatic hydroxyl groups is 1. The zero-order valence-corrected chi connectivity index (χ0v) is 18.5. The van der Waals surface area contributed by atoms with E-state index in [2.05, 4.69) is 10.2 Å². The molecule has 2 aliphatic heterocycles. The maximum atomic E-state index is 12.9. The molecule has 4 rings (SSSR count). The molecule has 8 nitrogen and oxygen atoms in total. The number of fused-ring (bicyclic) bond motifs is 1. The summed E-state index contributed by atoms with van der Waals surface area (Å²) in [5.41, 5.74) is 6.02. The van der Waals surface area contributed by atoms with E-state index in [0.717, 1.165) is 25.9 Å². The SMILES string of the molecule is COC1(CNC(=O)c2cc(Cl)c(N)c3ccoc23)CCN(CC2(O)CCOCC2)CC1. The fourth-order valence-electron chi connectivity index (χ4n) is 4.53. The number of nitrogens with zero attached hydrogens (tertiary/aromatic N) is 1. The van der Waals surface area contributed by atoms with Gasteiger partial charge in [-0.25, -0.2) is 0 Å². The monoisotopic (exact) mass is 451 g/mol. The highest BCUT2D eigenvalue weighted by atomic mass is 35.5. The molecule has 1 amide bonds. The number of methoxy groups -OCH3 is 1. The summed E-state index contributed by atoms with van der Waals surface area (Å²) in [5.74, 6) is -0.280. The first-order valence-electron chi connectivity index (χ1n) is 10.7. The van der Waals surface area contributed by atoms with Crippen molar-refractivity contribution in [2.45, 2.75) is 36.9 Å². The minimum absolute atomic E-state index is 0.280. The Hall–Kier alpha value is -1.84. The number of hydrogen-bond donors (Lipinski definition) is 3. The van der Waals surface area contributed by atoms with Crippen molar-refractivity contribution in [2.75, 3.05) is 52.2 Å². The number of β-amino-alcohol motifs (C(OH)–C–C–N with tert-alkyl or cyclic N) is 1. The summed E-state index contributed by atoms with van der Waals surface area (Å²) in [5, 5.41) is 14.7. The molecule has 1 aromatic heterocycles. The smallest absolute Gasteiger partial charge is 0.255 e. The molecule has 0 radical (unpaired) electrons. The number of ether oxygens (including phenoxy) is 2. The Morgan fingerprint density at radius 2 is 2.03 bits per heavy atom. The molecule has 0 atom stereocenters. The maximum Gasteiger partial charge on any atom is 0.255 e. The first kappa shape index (κ1) is 22.4. The Morgan fingerprint density at radius 1 is 1.32 bits per heavy atom. The molecule has 0 saturated carbocycles. The first-order chi connectivity index (χ1) is 14.8. The second-order valence-electron chi connectivity index (χ2n) is 8.67. The number of nitrogens with one attached hydrogen (secondary N) is 1.